The molecule has 0 aliphatic carbocycles. The minimum absolute atomic E-state index is 0.00611. The Morgan fingerprint density at radius 2 is 2.36 bits per heavy atom. The van der Waals surface area contributed by atoms with Gasteiger partial charge in [0, 0.05) is 12.2 Å². The molecule has 14 heavy (non-hydrogen) atoms. The number of nitrogens with two attached hydrogens (primary N) is 1. The zero-order chi connectivity index (χ0) is 10.6. The van der Waals surface area contributed by atoms with E-state index in [0.717, 1.165) is 29.9 Å². The van der Waals surface area contributed by atoms with Crippen molar-refractivity contribution in [2.75, 3.05) is 0 Å². The number of allylic oxidation sites excluding steroid dienone is 1. The minimum Gasteiger partial charge on any atom is -0.323 e. The van der Waals surface area contributed by atoms with Crippen LogP contribution >= 0.6 is 0 Å². The van der Waals surface area contributed by atoms with Crippen LogP contribution in [0.1, 0.15) is 37.3 Å². The van der Waals surface area contributed by atoms with E-state index >= 15 is 0 Å². The Morgan fingerprint density at radius 3 is 2.93 bits per heavy atom. The Morgan fingerprint density at radius 1 is 1.64 bits per heavy atom. The molecule has 3 heteroatoms. The molecule has 3 nitrogen and oxygen atoms in total. The number of nitrogens with zero attached hydrogens (tertiary/aromatic N) is 2. The van der Waals surface area contributed by atoms with Crippen LogP contribution in [-0.2, 0) is 0 Å². The van der Waals surface area contributed by atoms with Gasteiger partial charge in [-0.25, -0.2) is 9.97 Å². The molecular weight excluding hydrogens is 174 g/mol. The summed E-state index contributed by atoms with van der Waals surface area (Å²) < 4.78 is 0. The lowest BCUT2D eigenvalue weighted by Crippen LogP contribution is -2.12. The molecule has 76 valence electrons. The van der Waals surface area contributed by atoms with E-state index in [4.69, 9.17) is 5.73 Å². The molecule has 1 aromatic rings. The second-order valence-electron chi connectivity index (χ2n) is 3.63. The fourth-order valence-electron chi connectivity index (χ4n) is 1.23. The Bertz CT molecular complexity index is 320. The first-order valence-electron chi connectivity index (χ1n) is 4.79. The SMILES string of the molecule is C=C(C)CCC(N)c1ccnc(C)n1. The first kappa shape index (κ1) is 10.9. The van der Waals surface area contributed by atoms with Crippen molar-refractivity contribution >= 4 is 0 Å². The maximum absolute atomic E-state index is 5.98. The summed E-state index contributed by atoms with van der Waals surface area (Å²) in [5.41, 5.74) is 8.05. The number of hydrogen-bond acceptors (Lipinski definition) is 3. The van der Waals surface area contributed by atoms with Gasteiger partial charge >= 0.3 is 0 Å². The van der Waals surface area contributed by atoms with Crippen molar-refractivity contribution in [1.29, 1.82) is 0 Å². The van der Waals surface area contributed by atoms with Crippen LogP contribution in [0.15, 0.2) is 24.4 Å². The summed E-state index contributed by atoms with van der Waals surface area (Å²) >= 11 is 0. The largest absolute Gasteiger partial charge is 0.323 e. The van der Waals surface area contributed by atoms with E-state index in [9.17, 15) is 0 Å². The van der Waals surface area contributed by atoms with Crippen molar-refractivity contribution < 1.29 is 0 Å². The van der Waals surface area contributed by atoms with Gasteiger partial charge in [0.2, 0.25) is 0 Å². The van der Waals surface area contributed by atoms with Crippen molar-refractivity contribution in [2.45, 2.75) is 32.7 Å². The molecule has 0 aromatic carbocycles. The molecule has 1 heterocycles. The zero-order valence-corrected chi connectivity index (χ0v) is 8.83. The molecule has 0 radical (unpaired) electrons. The van der Waals surface area contributed by atoms with E-state index in [2.05, 4.69) is 16.5 Å². The van der Waals surface area contributed by atoms with Crippen LogP contribution in [0.25, 0.3) is 0 Å². The summed E-state index contributed by atoms with van der Waals surface area (Å²) in [7, 11) is 0. The first-order chi connectivity index (χ1) is 6.59. The highest BCUT2D eigenvalue weighted by molar-refractivity contribution is 5.07. The predicted octanol–water partition coefficient (Wildman–Crippen LogP) is 2.14. The average molecular weight is 191 g/mol. The van der Waals surface area contributed by atoms with Crippen LogP contribution in [0, 0.1) is 6.92 Å². The molecule has 1 rings (SSSR count). The van der Waals surface area contributed by atoms with Gasteiger partial charge in [-0.3, -0.25) is 0 Å². The Kier molecular flexibility index (Phi) is 3.77. The Labute approximate surface area is 85.1 Å². The normalized spacial score (nSPS) is 12.5. The third-order valence-electron chi connectivity index (χ3n) is 2.06. The topological polar surface area (TPSA) is 51.8 Å². The molecule has 1 atom stereocenters. The van der Waals surface area contributed by atoms with E-state index in [1.54, 1.807) is 6.20 Å². The lowest BCUT2D eigenvalue weighted by Gasteiger charge is -2.10. The van der Waals surface area contributed by atoms with Crippen LogP contribution in [0.4, 0.5) is 0 Å². The number of aryl methyl sites for hydroxylation is 1. The second kappa shape index (κ2) is 4.86. The van der Waals surface area contributed by atoms with E-state index in [1.807, 2.05) is 19.9 Å². The average Bonchev–Trinajstić information content (AvgIpc) is 2.14. The van der Waals surface area contributed by atoms with Crippen LogP contribution < -0.4 is 5.73 Å². The van der Waals surface area contributed by atoms with Gasteiger partial charge in [-0.1, -0.05) is 5.57 Å². The highest BCUT2D eigenvalue weighted by Gasteiger charge is 2.07. The first-order valence-corrected chi connectivity index (χ1v) is 4.79. The van der Waals surface area contributed by atoms with Gasteiger partial charge in [-0.05, 0) is 32.8 Å². The molecule has 1 aromatic heterocycles. The molecule has 0 spiro atoms. The van der Waals surface area contributed by atoms with Gasteiger partial charge < -0.3 is 5.73 Å². The summed E-state index contributed by atoms with van der Waals surface area (Å²) in [6.45, 7) is 7.73. The quantitative estimate of drug-likeness (QED) is 0.742. The molecule has 0 aliphatic heterocycles. The third-order valence-corrected chi connectivity index (χ3v) is 2.06. The van der Waals surface area contributed by atoms with Crippen molar-refractivity contribution in [3.05, 3.63) is 35.9 Å². The fraction of sp³-hybridized carbons (Fsp3) is 0.455. The highest BCUT2D eigenvalue weighted by Crippen LogP contribution is 2.15. The monoisotopic (exact) mass is 191 g/mol. The van der Waals surface area contributed by atoms with Gasteiger partial charge in [0.05, 0.1) is 5.69 Å². The van der Waals surface area contributed by atoms with E-state index < -0.39 is 0 Å². The van der Waals surface area contributed by atoms with Gasteiger partial charge in [0.1, 0.15) is 5.82 Å². The van der Waals surface area contributed by atoms with Gasteiger partial charge in [0.25, 0.3) is 0 Å². The molecule has 0 saturated heterocycles. The molecule has 2 N–H and O–H groups in total. The number of rotatable bonds is 4. The van der Waals surface area contributed by atoms with Crippen molar-refractivity contribution in [1.82, 2.24) is 9.97 Å². The smallest absolute Gasteiger partial charge is 0.125 e. The minimum atomic E-state index is -0.00611. The van der Waals surface area contributed by atoms with E-state index in [-0.39, 0.29) is 6.04 Å². The molecule has 0 aliphatic rings. The van der Waals surface area contributed by atoms with E-state index in [1.165, 1.54) is 0 Å². The molecule has 1 unspecified atom stereocenters. The maximum Gasteiger partial charge on any atom is 0.125 e. The zero-order valence-electron chi connectivity index (χ0n) is 8.83. The lowest BCUT2D eigenvalue weighted by atomic mass is 10.1. The van der Waals surface area contributed by atoms with Crippen LogP contribution in [-0.4, -0.2) is 9.97 Å². The summed E-state index contributed by atoms with van der Waals surface area (Å²) in [6.07, 6.45) is 3.59. The highest BCUT2D eigenvalue weighted by atomic mass is 14.9. The fourth-order valence-corrected chi connectivity index (χ4v) is 1.23. The molecule has 0 fully saturated rings. The van der Waals surface area contributed by atoms with Crippen LogP contribution in [0.5, 0.6) is 0 Å². The lowest BCUT2D eigenvalue weighted by molar-refractivity contribution is 0.626. The Balaban J connectivity index is 2.60. The standard InChI is InChI=1S/C11H17N3/c1-8(2)4-5-10(12)11-6-7-13-9(3)14-11/h6-7,10H,1,4-5,12H2,2-3H3. The third kappa shape index (κ3) is 3.26. The van der Waals surface area contributed by atoms with Gasteiger partial charge in [0.15, 0.2) is 0 Å². The summed E-state index contributed by atoms with van der Waals surface area (Å²) in [5, 5.41) is 0. The number of aromatic nitrogens is 2. The molecule has 0 saturated carbocycles. The van der Waals surface area contributed by atoms with Crippen molar-refractivity contribution in [2.24, 2.45) is 5.73 Å². The number of hydrogen-bond donors (Lipinski definition) is 1. The van der Waals surface area contributed by atoms with Crippen LogP contribution in [0.3, 0.4) is 0 Å². The van der Waals surface area contributed by atoms with E-state index in [0.29, 0.717) is 0 Å². The summed E-state index contributed by atoms with van der Waals surface area (Å²) in [6, 6.07) is 1.87. The second-order valence-corrected chi connectivity index (χ2v) is 3.63. The summed E-state index contributed by atoms with van der Waals surface area (Å²) in [5.74, 6) is 0.772. The Hall–Kier alpha value is -1.22. The van der Waals surface area contributed by atoms with Crippen LogP contribution in [0.2, 0.25) is 0 Å². The molecule has 0 amide bonds. The van der Waals surface area contributed by atoms with Crippen molar-refractivity contribution in [3.63, 3.8) is 0 Å². The predicted molar refractivity (Wildman–Crippen MR) is 57.7 cm³/mol. The van der Waals surface area contributed by atoms with Gasteiger partial charge in [-0.15, -0.1) is 6.58 Å². The molecular formula is C11H17N3. The maximum atomic E-state index is 5.98. The van der Waals surface area contributed by atoms with Crippen molar-refractivity contribution in [3.8, 4) is 0 Å². The molecule has 0 bridgehead atoms. The summed E-state index contributed by atoms with van der Waals surface area (Å²) in [4.78, 5) is 8.32. The van der Waals surface area contributed by atoms with Gasteiger partial charge in [-0.2, -0.15) is 0 Å².